The highest BCUT2D eigenvalue weighted by atomic mass is 127. The van der Waals surface area contributed by atoms with Crippen LogP contribution in [-0.2, 0) is 22.7 Å². The topological polar surface area (TPSA) is 115 Å². The molecule has 1 aromatic heterocycles. The molecule has 0 fully saturated rings. The summed E-state index contributed by atoms with van der Waals surface area (Å²) in [7, 11) is 3.08. The third-order valence-corrected chi connectivity index (χ3v) is 5.95. The van der Waals surface area contributed by atoms with Crippen molar-refractivity contribution in [1.29, 1.82) is 5.26 Å². The lowest BCUT2D eigenvalue weighted by Gasteiger charge is -2.13. The van der Waals surface area contributed by atoms with E-state index in [1.165, 1.54) is 13.3 Å². The molecule has 9 nitrogen and oxygen atoms in total. The Morgan fingerprint density at radius 1 is 1.19 bits per heavy atom. The number of carbonyl (C=O) groups excluding carboxylic acids is 1. The number of methoxy groups -OCH3 is 2. The lowest BCUT2D eigenvalue weighted by Crippen LogP contribution is -2.25. The predicted molar refractivity (Wildman–Crippen MR) is 147 cm³/mol. The number of nitrogens with zero attached hydrogens (tertiary/aromatic N) is 3. The van der Waals surface area contributed by atoms with E-state index in [2.05, 4.69) is 38.1 Å². The first-order chi connectivity index (χ1) is 17.8. The maximum absolute atomic E-state index is 12.2. The molecule has 0 spiro atoms. The molecule has 0 aliphatic heterocycles. The van der Waals surface area contributed by atoms with Gasteiger partial charge in [-0.15, -0.1) is 0 Å². The van der Waals surface area contributed by atoms with E-state index < -0.39 is 5.91 Å². The molecule has 0 atom stereocenters. The third kappa shape index (κ3) is 8.04. The first kappa shape index (κ1) is 28.2. The van der Waals surface area contributed by atoms with Crippen LogP contribution in [0.15, 0.2) is 47.6 Å². The van der Waals surface area contributed by atoms with Crippen molar-refractivity contribution in [1.82, 2.24) is 10.4 Å². The molecule has 11 heteroatoms. The van der Waals surface area contributed by atoms with E-state index in [1.54, 1.807) is 38.3 Å². The summed E-state index contributed by atoms with van der Waals surface area (Å²) in [5.41, 5.74) is 5.56. The third-order valence-electron chi connectivity index (χ3n) is 4.90. The quantitative estimate of drug-likeness (QED) is 0.183. The van der Waals surface area contributed by atoms with E-state index in [0.29, 0.717) is 39.9 Å². The molecule has 0 aliphatic rings. The van der Waals surface area contributed by atoms with Crippen LogP contribution in [0, 0.1) is 21.8 Å². The molecule has 2 aromatic carbocycles. The number of nitriles is 1. The summed E-state index contributed by atoms with van der Waals surface area (Å²) >= 11 is 8.08. The van der Waals surface area contributed by atoms with Crippen LogP contribution >= 0.6 is 34.2 Å². The summed E-state index contributed by atoms with van der Waals surface area (Å²) in [6.07, 6.45) is 1.48. The number of pyridine rings is 1. The molecular weight excluding hydrogens is 611 g/mol. The highest BCUT2D eigenvalue weighted by molar-refractivity contribution is 14.1. The Morgan fingerprint density at radius 3 is 2.62 bits per heavy atom. The number of benzene rings is 2. The van der Waals surface area contributed by atoms with Gasteiger partial charge >= 0.3 is 0 Å². The minimum atomic E-state index is -0.513. The van der Waals surface area contributed by atoms with E-state index in [-0.39, 0.29) is 24.7 Å². The first-order valence-electron chi connectivity index (χ1n) is 10.9. The molecule has 1 heterocycles. The van der Waals surface area contributed by atoms with Crippen LogP contribution in [0.25, 0.3) is 0 Å². The van der Waals surface area contributed by atoms with Gasteiger partial charge in [0.2, 0.25) is 5.88 Å². The van der Waals surface area contributed by atoms with E-state index in [1.807, 2.05) is 24.3 Å². The highest BCUT2D eigenvalue weighted by Crippen LogP contribution is 2.34. The van der Waals surface area contributed by atoms with Crippen molar-refractivity contribution in [3.8, 4) is 23.4 Å². The van der Waals surface area contributed by atoms with Gasteiger partial charge in [-0.2, -0.15) is 10.4 Å². The number of carbonyl (C=O) groups is 1. The molecule has 1 N–H and O–H groups in total. The number of aryl methyl sites for hydroxylation is 1. The largest absolute Gasteiger partial charge is 0.493 e. The van der Waals surface area contributed by atoms with Crippen LogP contribution < -0.4 is 19.6 Å². The van der Waals surface area contributed by atoms with Crippen molar-refractivity contribution in [2.24, 2.45) is 5.10 Å². The number of rotatable bonds is 11. The second kappa shape index (κ2) is 13.8. The van der Waals surface area contributed by atoms with Gasteiger partial charge in [0.25, 0.3) is 5.91 Å². The van der Waals surface area contributed by atoms with Crippen molar-refractivity contribution in [3.05, 3.63) is 79.0 Å². The van der Waals surface area contributed by atoms with Gasteiger partial charge in [-0.05, 0) is 71.0 Å². The van der Waals surface area contributed by atoms with E-state index in [4.69, 9.17) is 30.5 Å². The van der Waals surface area contributed by atoms with Gasteiger partial charge < -0.3 is 18.9 Å². The average molecular weight is 635 g/mol. The Labute approximate surface area is 233 Å². The van der Waals surface area contributed by atoms with Crippen molar-refractivity contribution < 1.29 is 23.7 Å². The number of ether oxygens (including phenoxy) is 4. The van der Waals surface area contributed by atoms with E-state index in [9.17, 15) is 10.1 Å². The molecule has 192 valence electrons. The van der Waals surface area contributed by atoms with E-state index >= 15 is 0 Å². The van der Waals surface area contributed by atoms with Crippen LogP contribution in [0.5, 0.6) is 17.4 Å². The van der Waals surface area contributed by atoms with Gasteiger partial charge in [-0.25, -0.2) is 10.4 Å². The van der Waals surface area contributed by atoms with Crippen LogP contribution in [0.4, 0.5) is 0 Å². The SMILES string of the molecule is COCc1cc(C)nc(OCC(=O)N/N=C/c2cc(I)c(OCc3ccc(Cl)cc3)c(OC)c2)c1C#N. The highest BCUT2D eigenvalue weighted by Gasteiger charge is 2.15. The van der Waals surface area contributed by atoms with Gasteiger partial charge in [0, 0.05) is 23.4 Å². The monoisotopic (exact) mass is 634 g/mol. The Kier molecular flexibility index (Phi) is 10.5. The fraction of sp³-hybridized carbons (Fsp3) is 0.231. The molecule has 1 amide bonds. The number of amides is 1. The maximum atomic E-state index is 12.2. The Morgan fingerprint density at radius 2 is 1.95 bits per heavy atom. The standard InChI is InChI=1S/C26H24ClIN4O5/c1-16-8-19(14-34-2)21(11-29)26(31-16)37-15-24(33)32-30-12-18-9-22(28)25(23(10-18)35-3)36-13-17-4-6-20(27)7-5-17/h4-10,12H,13-15H2,1-3H3,(H,32,33)/b30-12+. The van der Waals surface area contributed by atoms with Gasteiger partial charge in [-0.3, -0.25) is 4.79 Å². The van der Waals surface area contributed by atoms with Crippen LogP contribution in [0.2, 0.25) is 5.02 Å². The Balaban J connectivity index is 1.61. The van der Waals surface area contributed by atoms with Crippen molar-refractivity contribution in [2.75, 3.05) is 20.8 Å². The molecule has 0 saturated carbocycles. The zero-order chi connectivity index (χ0) is 26.8. The molecule has 3 rings (SSSR count). The van der Waals surface area contributed by atoms with Gasteiger partial charge in [0.1, 0.15) is 18.2 Å². The van der Waals surface area contributed by atoms with Crippen molar-refractivity contribution in [3.63, 3.8) is 0 Å². The fourth-order valence-electron chi connectivity index (χ4n) is 3.24. The number of hydrogen-bond donors (Lipinski definition) is 1. The van der Waals surface area contributed by atoms with Gasteiger partial charge in [0.05, 0.1) is 23.5 Å². The zero-order valence-corrected chi connectivity index (χ0v) is 23.3. The Bertz CT molecular complexity index is 1330. The summed E-state index contributed by atoms with van der Waals surface area (Å²) in [5.74, 6) is 0.682. The second-order valence-electron chi connectivity index (χ2n) is 7.68. The molecule has 0 unspecified atom stereocenters. The van der Waals surface area contributed by atoms with Crippen molar-refractivity contribution >= 4 is 46.3 Å². The smallest absolute Gasteiger partial charge is 0.278 e. The summed E-state index contributed by atoms with van der Waals surface area (Å²) in [5, 5.41) is 14.1. The predicted octanol–water partition coefficient (Wildman–Crippen LogP) is 4.78. The number of hydrogen-bond acceptors (Lipinski definition) is 8. The normalized spacial score (nSPS) is 10.7. The number of hydrazone groups is 1. The minimum absolute atomic E-state index is 0.0714. The number of halogens is 2. The number of nitrogens with one attached hydrogen (secondary N) is 1. The molecule has 0 aliphatic carbocycles. The van der Waals surface area contributed by atoms with Gasteiger partial charge in [-0.1, -0.05) is 23.7 Å². The summed E-state index contributed by atoms with van der Waals surface area (Å²) in [4.78, 5) is 16.5. The van der Waals surface area contributed by atoms with Crippen LogP contribution in [-0.4, -0.2) is 37.9 Å². The minimum Gasteiger partial charge on any atom is -0.493 e. The Hall–Kier alpha value is -3.40. The summed E-state index contributed by atoms with van der Waals surface area (Å²) in [6, 6.07) is 14.8. The fourth-order valence-corrected chi connectivity index (χ4v) is 4.15. The molecular formula is C26H24ClIN4O5. The first-order valence-corrected chi connectivity index (χ1v) is 12.4. The van der Waals surface area contributed by atoms with Crippen molar-refractivity contribution in [2.45, 2.75) is 20.1 Å². The van der Waals surface area contributed by atoms with E-state index in [0.717, 1.165) is 9.13 Å². The number of aromatic nitrogens is 1. The lowest BCUT2D eigenvalue weighted by atomic mass is 10.1. The summed E-state index contributed by atoms with van der Waals surface area (Å²) < 4.78 is 22.9. The molecule has 37 heavy (non-hydrogen) atoms. The molecule has 0 bridgehead atoms. The lowest BCUT2D eigenvalue weighted by molar-refractivity contribution is -0.123. The van der Waals surface area contributed by atoms with Gasteiger partial charge in [0.15, 0.2) is 18.1 Å². The zero-order valence-electron chi connectivity index (χ0n) is 20.4. The van der Waals surface area contributed by atoms with Crippen LogP contribution in [0.1, 0.15) is 27.9 Å². The summed E-state index contributed by atoms with van der Waals surface area (Å²) in [6.45, 7) is 1.98. The second-order valence-corrected chi connectivity index (χ2v) is 9.28. The van der Waals surface area contributed by atoms with Crippen LogP contribution in [0.3, 0.4) is 0 Å². The molecule has 3 aromatic rings. The maximum Gasteiger partial charge on any atom is 0.278 e. The molecule has 0 radical (unpaired) electrons. The average Bonchev–Trinajstić information content (AvgIpc) is 2.87. The molecule has 0 saturated heterocycles.